The van der Waals surface area contributed by atoms with Crippen molar-refractivity contribution in [3.05, 3.63) is 69.2 Å². The number of halogens is 2. The first-order chi connectivity index (χ1) is 10.1. The maximum absolute atomic E-state index is 6.09. The minimum atomic E-state index is 0.243. The molecule has 110 valence electrons. The molecule has 3 heteroatoms. The summed E-state index contributed by atoms with van der Waals surface area (Å²) in [6, 6.07) is 14.8. The average Bonchev–Trinajstić information content (AvgIpc) is 3.32. The predicted octanol–water partition coefficient (Wildman–Crippen LogP) is 5.72. The molecule has 0 radical (unpaired) electrons. The van der Waals surface area contributed by atoms with Gasteiger partial charge in [-0.3, -0.25) is 0 Å². The highest BCUT2D eigenvalue weighted by molar-refractivity contribution is 6.42. The van der Waals surface area contributed by atoms with Crippen molar-refractivity contribution >= 4 is 23.2 Å². The zero-order valence-electron chi connectivity index (χ0n) is 12.1. The highest BCUT2D eigenvalue weighted by atomic mass is 35.5. The lowest BCUT2D eigenvalue weighted by Gasteiger charge is -2.16. The molecular formula is C18H19Cl2N. The van der Waals surface area contributed by atoms with Crippen LogP contribution in [0.25, 0.3) is 0 Å². The summed E-state index contributed by atoms with van der Waals surface area (Å²) in [6.45, 7) is 3.04. The van der Waals surface area contributed by atoms with Crippen molar-refractivity contribution in [1.82, 2.24) is 5.32 Å². The Hall–Kier alpha value is -1.02. The molecule has 1 fully saturated rings. The fourth-order valence-electron chi connectivity index (χ4n) is 2.65. The van der Waals surface area contributed by atoms with Gasteiger partial charge in [0, 0.05) is 12.6 Å². The summed E-state index contributed by atoms with van der Waals surface area (Å²) < 4.78 is 0. The molecule has 1 saturated carbocycles. The van der Waals surface area contributed by atoms with E-state index in [1.54, 1.807) is 0 Å². The maximum Gasteiger partial charge on any atom is 0.0595 e. The van der Waals surface area contributed by atoms with Gasteiger partial charge in [0.05, 0.1) is 10.0 Å². The second-order valence-electron chi connectivity index (χ2n) is 5.75. The molecule has 0 saturated heterocycles. The van der Waals surface area contributed by atoms with Crippen LogP contribution in [0.5, 0.6) is 0 Å². The van der Waals surface area contributed by atoms with Crippen LogP contribution in [0.15, 0.2) is 42.5 Å². The van der Waals surface area contributed by atoms with Crippen molar-refractivity contribution in [1.29, 1.82) is 0 Å². The van der Waals surface area contributed by atoms with Gasteiger partial charge < -0.3 is 5.32 Å². The van der Waals surface area contributed by atoms with E-state index in [0.717, 1.165) is 18.0 Å². The van der Waals surface area contributed by atoms with Gasteiger partial charge in [0.2, 0.25) is 0 Å². The Bertz CT molecular complexity index is 635. The van der Waals surface area contributed by atoms with Crippen molar-refractivity contribution < 1.29 is 0 Å². The Morgan fingerprint density at radius 2 is 1.86 bits per heavy atom. The van der Waals surface area contributed by atoms with Crippen LogP contribution < -0.4 is 5.32 Å². The smallest absolute Gasteiger partial charge is 0.0595 e. The van der Waals surface area contributed by atoms with E-state index < -0.39 is 0 Å². The Kier molecular flexibility index (Phi) is 4.54. The Labute approximate surface area is 136 Å². The van der Waals surface area contributed by atoms with Crippen LogP contribution in [-0.2, 0) is 6.54 Å². The van der Waals surface area contributed by atoms with E-state index in [4.69, 9.17) is 23.2 Å². The normalized spacial score (nSPS) is 16.0. The highest BCUT2D eigenvalue weighted by Crippen LogP contribution is 2.41. The first-order valence-corrected chi connectivity index (χ1v) is 8.17. The van der Waals surface area contributed by atoms with Gasteiger partial charge in [-0.2, -0.15) is 0 Å². The SMILES string of the molecule is CC(NCc1ccccc1C1CC1)c1ccc(Cl)c(Cl)c1. The summed E-state index contributed by atoms with van der Waals surface area (Å²) in [4.78, 5) is 0. The third kappa shape index (κ3) is 3.60. The lowest BCUT2D eigenvalue weighted by Crippen LogP contribution is -2.18. The molecule has 1 aliphatic carbocycles. The molecular weight excluding hydrogens is 301 g/mol. The first-order valence-electron chi connectivity index (χ1n) is 7.41. The Morgan fingerprint density at radius 1 is 1.10 bits per heavy atom. The topological polar surface area (TPSA) is 12.0 Å². The van der Waals surface area contributed by atoms with E-state index in [2.05, 4.69) is 36.5 Å². The van der Waals surface area contributed by atoms with E-state index in [-0.39, 0.29) is 6.04 Å². The molecule has 2 aromatic carbocycles. The first kappa shape index (κ1) is 14.9. The van der Waals surface area contributed by atoms with Gasteiger partial charge in [-0.05, 0) is 54.5 Å². The average molecular weight is 320 g/mol. The zero-order valence-corrected chi connectivity index (χ0v) is 13.6. The van der Waals surface area contributed by atoms with Crippen LogP contribution in [-0.4, -0.2) is 0 Å². The quantitative estimate of drug-likeness (QED) is 0.743. The van der Waals surface area contributed by atoms with Crippen LogP contribution in [0.4, 0.5) is 0 Å². The second kappa shape index (κ2) is 6.39. The molecule has 0 spiro atoms. The molecule has 1 aliphatic rings. The van der Waals surface area contributed by atoms with E-state index >= 15 is 0 Å². The fraction of sp³-hybridized carbons (Fsp3) is 0.333. The van der Waals surface area contributed by atoms with Crippen molar-refractivity contribution in [2.24, 2.45) is 0 Å². The van der Waals surface area contributed by atoms with Gasteiger partial charge in [0.25, 0.3) is 0 Å². The lowest BCUT2D eigenvalue weighted by molar-refractivity contribution is 0.572. The van der Waals surface area contributed by atoms with Crippen LogP contribution in [0.1, 0.15) is 48.4 Å². The summed E-state index contributed by atoms with van der Waals surface area (Å²) in [6.07, 6.45) is 2.67. The highest BCUT2D eigenvalue weighted by Gasteiger charge is 2.25. The monoisotopic (exact) mass is 319 g/mol. The number of hydrogen-bond acceptors (Lipinski definition) is 1. The van der Waals surface area contributed by atoms with Gasteiger partial charge in [0.1, 0.15) is 0 Å². The van der Waals surface area contributed by atoms with Gasteiger partial charge in [-0.1, -0.05) is 53.5 Å². The van der Waals surface area contributed by atoms with Crippen LogP contribution in [0.2, 0.25) is 10.0 Å². The lowest BCUT2D eigenvalue weighted by atomic mass is 10.0. The minimum Gasteiger partial charge on any atom is -0.306 e. The second-order valence-corrected chi connectivity index (χ2v) is 6.56. The van der Waals surface area contributed by atoms with Crippen molar-refractivity contribution in [3.8, 4) is 0 Å². The summed E-state index contributed by atoms with van der Waals surface area (Å²) in [5.74, 6) is 0.781. The third-order valence-electron chi connectivity index (χ3n) is 4.11. The van der Waals surface area contributed by atoms with Crippen LogP contribution >= 0.6 is 23.2 Å². The molecule has 21 heavy (non-hydrogen) atoms. The molecule has 0 amide bonds. The number of hydrogen-bond donors (Lipinski definition) is 1. The number of nitrogens with one attached hydrogen (secondary N) is 1. The maximum atomic E-state index is 6.09. The van der Waals surface area contributed by atoms with Gasteiger partial charge >= 0.3 is 0 Å². The van der Waals surface area contributed by atoms with Gasteiger partial charge in [-0.15, -0.1) is 0 Å². The summed E-state index contributed by atoms with van der Waals surface area (Å²) in [7, 11) is 0. The molecule has 0 aliphatic heterocycles. The molecule has 0 heterocycles. The van der Waals surface area contributed by atoms with Crippen LogP contribution in [0, 0.1) is 0 Å². The summed E-state index contributed by atoms with van der Waals surface area (Å²) in [5, 5.41) is 4.80. The van der Waals surface area contributed by atoms with Crippen molar-refractivity contribution in [2.45, 2.75) is 38.3 Å². The molecule has 0 bridgehead atoms. The molecule has 1 atom stereocenters. The third-order valence-corrected chi connectivity index (χ3v) is 4.85. The number of benzene rings is 2. The predicted molar refractivity (Wildman–Crippen MR) is 90.1 cm³/mol. The van der Waals surface area contributed by atoms with E-state index in [9.17, 15) is 0 Å². The van der Waals surface area contributed by atoms with E-state index in [0.29, 0.717) is 10.0 Å². The fourth-order valence-corrected chi connectivity index (χ4v) is 2.96. The zero-order chi connectivity index (χ0) is 14.8. The van der Waals surface area contributed by atoms with Gasteiger partial charge in [-0.25, -0.2) is 0 Å². The standard InChI is InChI=1S/C18H19Cl2N/c1-12(14-8-9-17(19)18(20)10-14)21-11-15-4-2-3-5-16(15)13-6-7-13/h2-5,8-10,12-13,21H,6-7,11H2,1H3. The molecule has 0 aromatic heterocycles. The van der Waals surface area contributed by atoms with Gasteiger partial charge in [0.15, 0.2) is 0 Å². The Balaban J connectivity index is 1.68. The molecule has 1 unspecified atom stereocenters. The van der Waals surface area contributed by atoms with E-state index in [1.165, 1.54) is 24.0 Å². The summed E-state index contributed by atoms with van der Waals surface area (Å²) >= 11 is 12.1. The van der Waals surface area contributed by atoms with Crippen molar-refractivity contribution in [3.63, 3.8) is 0 Å². The minimum absolute atomic E-state index is 0.243. The Morgan fingerprint density at radius 3 is 2.57 bits per heavy atom. The number of rotatable bonds is 5. The largest absolute Gasteiger partial charge is 0.306 e. The van der Waals surface area contributed by atoms with E-state index in [1.807, 2.05) is 18.2 Å². The molecule has 1 nitrogen and oxygen atoms in total. The summed E-state index contributed by atoms with van der Waals surface area (Å²) in [5.41, 5.74) is 4.08. The molecule has 3 rings (SSSR count). The van der Waals surface area contributed by atoms with Crippen LogP contribution in [0.3, 0.4) is 0 Å². The van der Waals surface area contributed by atoms with Crippen molar-refractivity contribution in [2.75, 3.05) is 0 Å². The molecule has 2 aromatic rings. The molecule has 1 N–H and O–H groups in total.